The number of nitrogens with one attached hydrogen (secondary N) is 1. The van der Waals surface area contributed by atoms with Crippen LogP contribution in [0, 0.1) is 11.5 Å². The zero-order chi connectivity index (χ0) is 10.8. The Hall–Kier alpha value is -1.57. The Kier molecular flexibility index (Phi) is 7.15. The SMILES string of the molecule is CCCC(=NCC(=O)OCC)NC#N. The van der Waals surface area contributed by atoms with E-state index >= 15 is 0 Å². The van der Waals surface area contributed by atoms with Gasteiger partial charge in [-0.15, -0.1) is 0 Å². The molecule has 0 aromatic heterocycles. The largest absolute Gasteiger partial charge is 0.465 e. The maximum absolute atomic E-state index is 10.9. The molecule has 0 aromatic carbocycles. The zero-order valence-electron chi connectivity index (χ0n) is 8.54. The molecule has 0 radical (unpaired) electrons. The van der Waals surface area contributed by atoms with Crippen molar-refractivity contribution in [1.82, 2.24) is 5.32 Å². The molecule has 0 spiro atoms. The lowest BCUT2D eigenvalue weighted by molar-refractivity contribution is -0.141. The van der Waals surface area contributed by atoms with Crippen molar-refractivity contribution in [2.45, 2.75) is 26.7 Å². The third-order valence-corrected chi connectivity index (χ3v) is 1.39. The first-order valence-electron chi connectivity index (χ1n) is 4.58. The summed E-state index contributed by atoms with van der Waals surface area (Å²) < 4.78 is 4.69. The van der Waals surface area contributed by atoms with Crippen LogP contribution in [0.4, 0.5) is 0 Å². The molecule has 0 unspecified atom stereocenters. The normalized spacial score (nSPS) is 10.5. The third kappa shape index (κ3) is 6.00. The Morgan fingerprint density at radius 2 is 2.29 bits per heavy atom. The summed E-state index contributed by atoms with van der Waals surface area (Å²) in [6.45, 7) is 4.03. The predicted octanol–water partition coefficient (Wildman–Crippen LogP) is 0.819. The number of carbonyl (C=O) groups excluding carboxylic acids is 1. The van der Waals surface area contributed by atoms with Gasteiger partial charge in [0.2, 0.25) is 0 Å². The number of amidine groups is 1. The number of esters is 1. The van der Waals surface area contributed by atoms with Gasteiger partial charge in [0.1, 0.15) is 12.4 Å². The number of nitriles is 1. The van der Waals surface area contributed by atoms with Gasteiger partial charge in [0, 0.05) is 6.42 Å². The molecule has 0 aliphatic heterocycles. The van der Waals surface area contributed by atoms with Crippen LogP contribution < -0.4 is 5.32 Å². The second-order valence-electron chi connectivity index (χ2n) is 2.55. The third-order valence-electron chi connectivity index (χ3n) is 1.39. The van der Waals surface area contributed by atoms with Crippen molar-refractivity contribution in [2.75, 3.05) is 13.2 Å². The molecule has 0 aliphatic rings. The summed E-state index contributed by atoms with van der Waals surface area (Å²) >= 11 is 0. The number of nitrogens with zero attached hydrogens (tertiary/aromatic N) is 2. The van der Waals surface area contributed by atoms with Gasteiger partial charge in [-0.05, 0) is 13.3 Å². The van der Waals surface area contributed by atoms with E-state index < -0.39 is 0 Å². The molecule has 0 aliphatic carbocycles. The fourth-order valence-corrected chi connectivity index (χ4v) is 0.849. The van der Waals surface area contributed by atoms with Gasteiger partial charge in [-0.1, -0.05) is 6.92 Å². The number of hydrogen-bond donors (Lipinski definition) is 1. The van der Waals surface area contributed by atoms with Crippen LogP contribution in [0.1, 0.15) is 26.7 Å². The maximum Gasteiger partial charge on any atom is 0.327 e. The molecule has 0 fully saturated rings. The second kappa shape index (κ2) is 8.05. The minimum Gasteiger partial charge on any atom is -0.465 e. The second-order valence-corrected chi connectivity index (χ2v) is 2.55. The number of hydrogen-bond acceptors (Lipinski definition) is 4. The fourth-order valence-electron chi connectivity index (χ4n) is 0.849. The molecular weight excluding hydrogens is 182 g/mol. The fraction of sp³-hybridized carbons (Fsp3) is 0.667. The molecule has 78 valence electrons. The van der Waals surface area contributed by atoms with E-state index in [1.165, 1.54) is 0 Å². The molecule has 5 heteroatoms. The van der Waals surface area contributed by atoms with E-state index in [4.69, 9.17) is 10.00 Å². The predicted molar refractivity (Wildman–Crippen MR) is 52.6 cm³/mol. The average molecular weight is 197 g/mol. The summed E-state index contributed by atoms with van der Waals surface area (Å²) in [6, 6.07) is 0. The van der Waals surface area contributed by atoms with Crippen LogP contribution in [0.5, 0.6) is 0 Å². The highest BCUT2D eigenvalue weighted by atomic mass is 16.5. The highest BCUT2D eigenvalue weighted by Gasteiger charge is 2.01. The van der Waals surface area contributed by atoms with Crippen LogP contribution in [0.3, 0.4) is 0 Å². The Morgan fingerprint density at radius 3 is 2.79 bits per heavy atom. The van der Waals surface area contributed by atoms with Crippen LogP contribution in [0.25, 0.3) is 0 Å². The number of carbonyl (C=O) groups is 1. The van der Waals surface area contributed by atoms with E-state index in [1.807, 2.05) is 6.92 Å². The first kappa shape index (κ1) is 12.4. The van der Waals surface area contributed by atoms with Gasteiger partial charge in [-0.25, -0.2) is 0 Å². The van der Waals surface area contributed by atoms with Gasteiger partial charge in [0.25, 0.3) is 0 Å². The Bertz CT molecular complexity index is 243. The number of aliphatic imine (C=N–C) groups is 1. The standard InChI is InChI=1S/C9H15N3O2/c1-3-5-8(12-7-10)11-6-9(13)14-4-2/h3-6H2,1-2H3,(H,11,12). The van der Waals surface area contributed by atoms with Crippen molar-refractivity contribution in [3.63, 3.8) is 0 Å². The average Bonchev–Trinajstić information content (AvgIpc) is 2.15. The number of rotatable bonds is 5. The topological polar surface area (TPSA) is 74.5 Å². The van der Waals surface area contributed by atoms with Gasteiger partial charge in [-0.2, -0.15) is 5.26 Å². The van der Waals surface area contributed by atoms with E-state index in [-0.39, 0.29) is 12.5 Å². The maximum atomic E-state index is 10.9. The molecule has 5 nitrogen and oxygen atoms in total. The van der Waals surface area contributed by atoms with Crippen molar-refractivity contribution in [1.29, 1.82) is 5.26 Å². The smallest absolute Gasteiger partial charge is 0.327 e. The first-order valence-corrected chi connectivity index (χ1v) is 4.58. The molecule has 0 aromatic rings. The van der Waals surface area contributed by atoms with Gasteiger partial charge < -0.3 is 4.74 Å². The Labute approximate surface area is 83.8 Å². The zero-order valence-corrected chi connectivity index (χ0v) is 8.54. The Balaban J connectivity index is 4.02. The summed E-state index contributed by atoms with van der Waals surface area (Å²) in [5, 5.41) is 10.8. The van der Waals surface area contributed by atoms with Crippen LogP contribution in [-0.2, 0) is 9.53 Å². The molecule has 0 heterocycles. The summed E-state index contributed by atoms with van der Waals surface area (Å²) in [5.41, 5.74) is 0. The lowest BCUT2D eigenvalue weighted by Gasteiger charge is -2.02. The summed E-state index contributed by atoms with van der Waals surface area (Å²) in [7, 11) is 0. The highest BCUT2D eigenvalue weighted by Crippen LogP contribution is 1.90. The van der Waals surface area contributed by atoms with E-state index in [0.29, 0.717) is 18.9 Å². The van der Waals surface area contributed by atoms with Crippen molar-refractivity contribution >= 4 is 11.8 Å². The summed E-state index contributed by atoms with van der Waals surface area (Å²) in [4.78, 5) is 14.8. The van der Waals surface area contributed by atoms with Crippen LogP contribution >= 0.6 is 0 Å². The van der Waals surface area contributed by atoms with Gasteiger partial charge in [0.05, 0.1) is 6.61 Å². The molecule has 0 saturated carbocycles. The monoisotopic (exact) mass is 197 g/mol. The quantitative estimate of drug-likeness (QED) is 0.233. The molecule has 0 bridgehead atoms. The lowest BCUT2D eigenvalue weighted by Crippen LogP contribution is -2.19. The molecule has 0 atom stereocenters. The van der Waals surface area contributed by atoms with Gasteiger partial charge >= 0.3 is 5.97 Å². The van der Waals surface area contributed by atoms with Crippen molar-refractivity contribution < 1.29 is 9.53 Å². The Morgan fingerprint density at radius 1 is 1.57 bits per heavy atom. The van der Waals surface area contributed by atoms with E-state index in [1.54, 1.807) is 13.1 Å². The van der Waals surface area contributed by atoms with Gasteiger partial charge in [-0.3, -0.25) is 15.1 Å². The van der Waals surface area contributed by atoms with Crippen LogP contribution in [0.15, 0.2) is 4.99 Å². The van der Waals surface area contributed by atoms with E-state index in [0.717, 1.165) is 6.42 Å². The molecule has 0 saturated heterocycles. The molecular formula is C9H15N3O2. The lowest BCUT2D eigenvalue weighted by atomic mass is 10.3. The first-order chi connectivity index (χ1) is 6.74. The summed E-state index contributed by atoms with van der Waals surface area (Å²) in [6.07, 6.45) is 3.31. The highest BCUT2D eigenvalue weighted by molar-refractivity contribution is 5.85. The van der Waals surface area contributed by atoms with E-state index in [9.17, 15) is 4.79 Å². The van der Waals surface area contributed by atoms with Crippen molar-refractivity contribution in [3.8, 4) is 6.19 Å². The van der Waals surface area contributed by atoms with Crippen LogP contribution in [-0.4, -0.2) is 25.0 Å². The molecule has 1 N–H and O–H groups in total. The van der Waals surface area contributed by atoms with Crippen molar-refractivity contribution in [3.05, 3.63) is 0 Å². The van der Waals surface area contributed by atoms with Crippen molar-refractivity contribution in [2.24, 2.45) is 4.99 Å². The molecule has 14 heavy (non-hydrogen) atoms. The number of ether oxygens (including phenoxy) is 1. The van der Waals surface area contributed by atoms with Gasteiger partial charge in [0.15, 0.2) is 6.19 Å². The van der Waals surface area contributed by atoms with Crippen LogP contribution in [0.2, 0.25) is 0 Å². The molecule has 0 amide bonds. The summed E-state index contributed by atoms with van der Waals surface area (Å²) in [5.74, 6) is 0.156. The van der Waals surface area contributed by atoms with E-state index in [2.05, 4.69) is 10.3 Å². The minimum absolute atomic E-state index is 0.0299. The minimum atomic E-state index is -0.374. The molecule has 0 rings (SSSR count).